The topological polar surface area (TPSA) is 27.0 Å². The summed E-state index contributed by atoms with van der Waals surface area (Å²) in [4.78, 5) is 0. The van der Waals surface area contributed by atoms with Gasteiger partial charge in [0.15, 0.2) is 0 Å². The van der Waals surface area contributed by atoms with Crippen LogP contribution in [0.5, 0.6) is 0 Å². The SMILES string of the molecule is CSN(C)c1cccc(C#N)c1. The van der Waals surface area contributed by atoms with Crippen LogP contribution in [0.2, 0.25) is 0 Å². The third-order valence-electron chi connectivity index (χ3n) is 1.61. The van der Waals surface area contributed by atoms with Crippen molar-refractivity contribution >= 4 is 17.6 Å². The molecule has 0 atom stereocenters. The quantitative estimate of drug-likeness (QED) is 0.650. The summed E-state index contributed by atoms with van der Waals surface area (Å²) in [7, 11) is 1.97. The molecule has 0 fully saturated rings. The molecule has 1 aromatic rings. The fourth-order valence-electron chi connectivity index (χ4n) is 0.877. The van der Waals surface area contributed by atoms with Gasteiger partial charge >= 0.3 is 0 Å². The minimum atomic E-state index is 0.702. The molecule has 12 heavy (non-hydrogen) atoms. The zero-order chi connectivity index (χ0) is 8.97. The van der Waals surface area contributed by atoms with E-state index in [1.54, 1.807) is 18.0 Å². The highest BCUT2D eigenvalue weighted by Crippen LogP contribution is 2.18. The highest BCUT2D eigenvalue weighted by molar-refractivity contribution is 7.99. The van der Waals surface area contributed by atoms with Gasteiger partial charge in [0.05, 0.1) is 11.6 Å². The fraction of sp³-hybridized carbons (Fsp3) is 0.222. The number of nitrogens with zero attached hydrogens (tertiary/aromatic N) is 2. The van der Waals surface area contributed by atoms with Gasteiger partial charge < -0.3 is 4.31 Å². The van der Waals surface area contributed by atoms with Crippen LogP contribution in [-0.4, -0.2) is 13.3 Å². The van der Waals surface area contributed by atoms with Crippen LogP contribution in [0, 0.1) is 11.3 Å². The van der Waals surface area contributed by atoms with Crippen molar-refractivity contribution in [2.75, 3.05) is 17.6 Å². The standard InChI is InChI=1S/C9H10N2S/c1-11(12-2)9-5-3-4-8(6-9)7-10/h3-6H,1-2H3. The van der Waals surface area contributed by atoms with Crippen molar-refractivity contribution in [2.24, 2.45) is 0 Å². The maximum Gasteiger partial charge on any atom is 0.0992 e. The minimum absolute atomic E-state index is 0.702. The Kier molecular flexibility index (Phi) is 3.01. The monoisotopic (exact) mass is 178 g/mol. The first-order valence-corrected chi connectivity index (χ1v) is 4.74. The van der Waals surface area contributed by atoms with Crippen LogP contribution in [0.4, 0.5) is 5.69 Å². The number of rotatable bonds is 2. The maximum atomic E-state index is 8.64. The smallest absolute Gasteiger partial charge is 0.0992 e. The van der Waals surface area contributed by atoms with Crippen LogP contribution < -0.4 is 4.31 Å². The summed E-state index contributed by atoms with van der Waals surface area (Å²) < 4.78 is 2.01. The van der Waals surface area contributed by atoms with Crippen LogP contribution >= 0.6 is 11.9 Å². The number of hydrogen-bond donors (Lipinski definition) is 0. The first-order valence-electron chi connectivity index (χ1n) is 3.56. The van der Waals surface area contributed by atoms with Gasteiger partial charge in [-0.05, 0) is 18.2 Å². The fourth-order valence-corrected chi connectivity index (χ4v) is 1.20. The van der Waals surface area contributed by atoms with Gasteiger partial charge in [0, 0.05) is 19.0 Å². The van der Waals surface area contributed by atoms with E-state index in [9.17, 15) is 0 Å². The van der Waals surface area contributed by atoms with Crippen molar-refractivity contribution in [2.45, 2.75) is 0 Å². The molecule has 0 bridgehead atoms. The van der Waals surface area contributed by atoms with E-state index in [1.807, 2.05) is 35.8 Å². The first-order chi connectivity index (χ1) is 5.77. The van der Waals surface area contributed by atoms with E-state index < -0.39 is 0 Å². The number of benzene rings is 1. The lowest BCUT2D eigenvalue weighted by Crippen LogP contribution is -2.04. The largest absolute Gasteiger partial charge is 0.319 e. The lowest BCUT2D eigenvalue weighted by Gasteiger charge is -2.14. The maximum absolute atomic E-state index is 8.64. The molecule has 0 aliphatic carbocycles. The van der Waals surface area contributed by atoms with Crippen molar-refractivity contribution < 1.29 is 0 Å². The molecule has 0 aromatic heterocycles. The van der Waals surface area contributed by atoms with Crippen molar-refractivity contribution in [3.05, 3.63) is 29.8 Å². The first kappa shape index (κ1) is 8.95. The molecule has 0 amide bonds. The van der Waals surface area contributed by atoms with Gasteiger partial charge in [0.1, 0.15) is 0 Å². The molecule has 0 saturated heterocycles. The van der Waals surface area contributed by atoms with Gasteiger partial charge in [-0.15, -0.1) is 0 Å². The molecule has 0 aliphatic heterocycles. The summed E-state index contributed by atoms with van der Waals surface area (Å²) in [6.07, 6.45) is 2.00. The summed E-state index contributed by atoms with van der Waals surface area (Å²) in [5.41, 5.74) is 1.76. The van der Waals surface area contributed by atoms with Crippen molar-refractivity contribution in [3.8, 4) is 6.07 Å². The molecule has 0 heterocycles. The Balaban J connectivity index is 2.95. The summed E-state index contributed by atoms with van der Waals surface area (Å²) in [5.74, 6) is 0. The average Bonchev–Trinajstić information content (AvgIpc) is 2.17. The van der Waals surface area contributed by atoms with Gasteiger partial charge in [0.25, 0.3) is 0 Å². The second-order valence-corrected chi connectivity index (χ2v) is 3.26. The summed E-state index contributed by atoms with van der Waals surface area (Å²) in [5, 5.41) is 8.64. The molecule has 0 spiro atoms. The molecule has 0 unspecified atom stereocenters. The van der Waals surface area contributed by atoms with Crippen LogP contribution in [0.15, 0.2) is 24.3 Å². The van der Waals surface area contributed by atoms with E-state index in [4.69, 9.17) is 5.26 Å². The van der Waals surface area contributed by atoms with Crippen molar-refractivity contribution in [1.29, 1.82) is 5.26 Å². The third kappa shape index (κ3) is 1.93. The van der Waals surface area contributed by atoms with E-state index in [2.05, 4.69) is 6.07 Å². The zero-order valence-electron chi connectivity index (χ0n) is 7.11. The molecule has 3 heteroatoms. The Morgan fingerprint density at radius 3 is 2.83 bits per heavy atom. The van der Waals surface area contributed by atoms with E-state index in [0.29, 0.717) is 5.56 Å². The number of anilines is 1. The number of nitriles is 1. The van der Waals surface area contributed by atoms with Crippen LogP contribution in [0.1, 0.15) is 5.56 Å². The van der Waals surface area contributed by atoms with Crippen LogP contribution in [0.25, 0.3) is 0 Å². The van der Waals surface area contributed by atoms with Crippen LogP contribution in [-0.2, 0) is 0 Å². The highest BCUT2D eigenvalue weighted by Gasteiger charge is 1.98. The second-order valence-electron chi connectivity index (χ2n) is 2.34. The minimum Gasteiger partial charge on any atom is -0.319 e. The van der Waals surface area contributed by atoms with Gasteiger partial charge in [-0.3, -0.25) is 0 Å². The van der Waals surface area contributed by atoms with E-state index in [-0.39, 0.29) is 0 Å². The molecular weight excluding hydrogens is 168 g/mol. The highest BCUT2D eigenvalue weighted by atomic mass is 32.2. The van der Waals surface area contributed by atoms with Gasteiger partial charge in [-0.2, -0.15) is 5.26 Å². The lowest BCUT2D eigenvalue weighted by atomic mass is 10.2. The van der Waals surface area contributed by atoms with Gasteiger partial charge in [0.2, 0.25) is 0 Å². The second kappa shape index (κ2) is 4.03. The van der Waals surface area contributed by atoms with Crippen molar-refractivity contribution in [3.63, 3.8) is 0 Å². The molecular formula is C9H10N2S. The molecule has 0 radical (unpaired) electrons. The molecule has 62 valence electrons. The van der Waals surface area contributed by atoms with E-state index >= 15 is 0 Å². The molecule has 0 aliphatic rings. The Bertz CT molecular complexity index is 304. The van der Waals surface area contributed by atoms with Gasteiger partial charge in [-0.25, -0.2) is 0 Å². The van der Waals surface area contributed by atoms with Gasteiger partial charge in [-0.1, -0.05) is 18.0 Å². The zero-order valence-corrected chi connectivity index (χ0v) is 7.93. The Labute approximate surface area is 76.9 Å². The third-order valence-corrected chi connectivity index (χ3v) is 2.37. The summed E-state index contributed by atoms with van der Waals surface area (Å²) in [6.45, 7) is 0. The predicted octanol–water partition coefficient (Wildman–Crippen LogP) is 2.27. The lowest BCUT2D eigenvalue weighted by molar-refractivity contribution is 1.35. The Hall–Kier alpha value is -1.14. The molecule has 0 N–H and O–H groups in total. The molecule has 1 aromatic carbocycles. The van der Waals surface area contributed by atoms with E-state index in [1.165, 1.54) is 0 Å². The molecule has 2 nitrogen and oxygen atoms in total. The Morgan fingerprint density at radius 1 is 1.50 bits per heavy atom. The Morgan fingerprint density at radius 2 is 2.25 bits per heavy atom. The van der Waals surface area contributed by atoms with Crippen LogP contribution in [0.3, 0.4) is 0 Å². The average molecular weight is 178 g/mol. The van der Waals surface area contributed by atoms with E-state index in [0.717, 1.165) is 5.69 Å². The summed E-state index contributed by atoms with van der Waals surface area (Å²) >= 11 is 1.62. The van der Waals surface area contributed by atoms with Crippen molar-refractivity contribution in [1.82, 2.24) is 0 Å². The molecule has 0 saturated carbocycles. The molecule has 1 rings (SSSR count). The number of hydrogen-bond acceptors (Lipinski definition) is 3. The normalized spacial score (nSPS) is 9.08. The summed E-state index contributed by atoms with van der Waals surface area (Å²) in [6, 6.07) is 9.66. The predicted molar refractivity (Wildman–Crippen MR) is 53.1 cm³/mol.